The van der Waals surface area contributed by atoms with Gasteiger partial charge in [0.1, 0.15) is 17.4 Å². The Bertz CT molecular complexity index is 723. The van der Waals surface area contributed by atoms with Crippen LogP contribution in [0.4, 0.5) is 5.69 Å². The zero-order valence-electron chi connectivity index (χ0n) is 13.2. The number of aldehydes is 1. The first kappa shape index (κ1) is 16.7. The summed E-state index contributed by atoms with van der Waals surface area (Å²) >= 11 is 6.09. The van der Waals surface area contributed by atoms with Crippen molar-refractivity contribution in [2.24, 2.45) is 0 Å². The lowest BCUT2D eigenvalue weighted by Gasteiger charge is -2.22. The minimum Gasteiger partial charge on any atom is -0.471 e. The number of halogens is 1. The van der Waals surface area contributed by atoms with Crippen molar-refractivity contribution in [1.29, 1.82) is 0 Å². The molecule has 1 fully saturated rings. The molecule has 24 heavy (non-hydrogen) atoms. The van der Waals surface area contributed by atoms with Crippen molar-refractivity contribution < 1.29 is 14.6 Å². The van der Waals surface area contributed by atoms with Gasteiger partial charge in [-0.2, -0.15) is 0 Å². The highest BCUT2D eigenvalue weighted by atomic mass is 35.5. The highest BCUT2D eigenvalue weighted by Gasteiger charge is 2.26. The molecule has 1 aromatic carbocycles. The molecule has 0 spiro atoms. The van der Waals surface area contributed by atoms with Crippen molar-refractivity contribution in [3.05, 3.63) is 52.7 Å². The molecule has 6 heteroatoms. The molecule has 1 atom stereocenters. The third kappa shape index (κ3) is 3.68. The standard InChI is InChI=1S/C18H19ClN2O3/c19-16-2-1-7-20-18(16)24-15-5-8-21(11-15)17-4-3-13(12-23)10-14(17)6-9-22/h1-4,7,10,12,15,22H,5-6,8-9,11H2/t15-/m0/s1. The lowest BCUT2D eigenvalue weighted by molar-refractivity contribution is 0.112. The number of anilines is 1. The van der Waals surface area contributed by atoms with Crippen molar-refractivity contribution in [2.75, 3.05) is 24.6 Å². The van der Waals surface area contributed by atoms with Gasteiger partial charge < -0.3 is 14.7 Å². The molecule has 0 radical (unpaired) electrons. The lowest BCUT2D eigenvalue weighted by Crippen LogP contribution is -2.25. The summed E-state index contributed by atoms with van der Waals surface area (Å²) in [4.78, 5) is 17.3. The predicted molar refractivity (Wildman–Crippen MR) is 93.1 cm³/mol. The third-order valence-corrected chi connectivity index (χ3v) is 4.40. The molecule has 126 valence electrons. The van der Waals surface area contributed by atoms with Gasteiger partial charge in [0.05, 0.1) is 6.54 Å². The Hall–Kier alpha value is -2.11. The summed E-state index contributed by atoms with van der Waals surface area (Å²) in [6.07, 6.45) is 3.87. The van der Waals surface area contributed by atoms with Crippen LogP contribution in [0.15, 0.2) is 36.5 Å². The van der Waals surface area contributed by atoms with Gasteiger partial charge in [0.2, 0.25) is 5.88 Å². The lowest BCUT2D eigenvalue weighted by atomic mass is 10.1. The summed E-state index contributed by atoms with van der Waals surface area (Å²) < 4.78 is 5.91. The summed E-state index contributed by atoms with van der Waals surface area (Å²) in [6, 6.07) is 9.10. The van der Waals surface area contributed by atoms with E-state index in [1.54, 1.807) is 24.4 Å². The number of rotatable bonds is 6. The number of carbonyl (C=O) groups excluding carboxylic acids is 1. The zero-order valence-corrected chi connectivity index (χ0v) is 13.9. The Kier molecular flexibility index (Phi) is 5.33. The van der Waals surface area contributed by atoms with Gasteiger partial charge in [-0.05, 0) is 42.3 Å². The van der Waals surface area contributed by atoms with Crippen molar-refractivity contribution in [2.45, 2.75) is 18.9 Å². The van der Waals surface area contributed by atoms with E-state index in [0.29, 0.717) is 29.4 Å². The summed E-state index contributed by atoms with van der Waals surface area (Å²) in [6.45, 7) is 1.60. The number of aromatic nitrogens is 1. The molecular formula is C18H19ClN2O3. The van der Waals surface area contributed by atoms with E-state index in [1.807, 2.05) is 12.1 Å². The minimum absolute atomic E-state index is 0.00474. The zero-order chi connectivity index (χ0) is 16.9. The second-order valence-electron chi connectivity index (χ2n) is 5.74. The van der Waals surface area contributed by atoms with Crippen LogP contribution in [0, 0.1) is 0 Å². The highest BCUT2D eigenvalue weighted by molar-refractivity contribution is 6.31. The van der Waals surface area contributed by atoms with Crippen molar-refractivity contribution in [3.63, 3.8) is 0 Å². The molecule has 0 saturated carbocycles. The van der Waals surface area contributed by atoms with Crippen molar-refractivity contribution >= 4 is 23.6 Å². The van der Waals surface area contributed by atoms with Crippen LogP contribution in [0.1, 0.15) is 22.3 Å². The average molecular weight is 347 g/mol. The van der Waals surface area contributed by atoms with E-state index in [1.165, 1.54) is 0 Å². The van der Waals surface area contributed by atoms with Crippen LogP contribution < -0.4 is 9.64 Å². The predicted octanol–water partition coefficient (Wildman–Crippen LogP) is 2.74. The molecule has 1 N–H and O–H groups in total. The summed E-state index contributed by atoms with van der Waals surface area (Å²) in [5.74, 6) is 0.456. The fraction of sp³-hybridized carbons (Fsp3) is 0.333. The first-order chi connectivity index (χ1) is 11.7. The van der Waals surface area contributed by atoms with Crippen LogP contribution in [0.5, 0.6) is 5.88 Å². The fourth-order valence-corrected chi connectivity index (χ4v) is 3.13. The normalized spacial score (nSPS) is 17.1. The molecule has 2 aromatic rings. The number of carbonyl (C=O) groups is 1. The maximum atomic E-state index is 11.0. The number of hydrogen-bond acceptors (Lipinski definition) is 5. The topological polar surface area (TPSA) is 62.7 Å². The van der Waals surface area contributed by atoms with Crippen LogP contribution in [0.3, 0.4) is 0 Å². The number of aliphatic hydroxyl groups is 1. The fourth-order valence-electron chi connectivity index (χ4n) is 2.97. The van der Waals surface area contributed by atoms with Gasteiger partial charge in [-0.3, -0.25) is 4.79 Å². The van der Waals surface area contributed by atoms with Crippen molar-refractivity contribution in [1.82, 2.24) is 4.98 Å². The first-order valence-corrected chi connectivity index (χ1v) is 8.30. The van der Waals surface area contributed by atoms with Gasteiger partial charge in [-0.1, -0.05) is 11.6 Å². The molecule has 5 nitrogen and oxygen atoms in total. The van der Waals surface area contributed by atoms with E-state index < -0.39 is 0 Å². The monoisotopic (exact) mass is 346 g/mol. The SMILES string of the molecule is O=Cc1ccc(N2CC[C@H](Oc3ncccc3Cl)C2)c(CCO)c1. The Balaban J connectivity index is 1.73. The smallest absolute Gasteiger partial charge is 0.232 e. The molecule has 0 amide bonds. The molecule has 1 aliphatic heterocycles. The molecule has 1 aromatic heterocycles. The van der Waals surface area contributed by atoms with E-state index in [9.17, 15) is 9.90 Å². The van der Waals surface area contributed by atoms with Gasteiger partial charge in [-0.25, -0.2) is 4.98 Å². The van der Waals surface area contributed by atoms with Gasteiger partial charge in [-0.15, -0.1) is 0 Å². The quantitative estimate of drug-likeness (QED) is 0.815. The van der Waals surface area contributed by atoms with E-state index in [4.69, 9.17) is 16.3 Å². The number of ether oxygens (including phenoxy) is 1. The maximum Gasteiger partial charge on any atom is 0.232 e. The van der Waals surface area contributed by atoms with Crippen molar-refractivity contribution in [3.8, 4) is 5.88 Å². The summed E-state index contributed by atoms with van der Waals surface area (Å²) in [5.41, 5.74) is 2.63. The number of nitrogens with zero attached hydrogens (tertiary/aromatic N) is 2. The van der Waals surface area contributed by atoms with E-state index in [2.05, 4.69) is 9.88 Å². The molecule has 1 aliphatic rings. The Morgan fingerprint density at radius 1 is 1.42 bits per heavy atom. The minimum atomic E-state index is 0.00474. The molecule has 0 unspecified atom stereocenters. The number of hydrogen-bond donors (Lipinski definition) is 1. The van der Waals surface area contributed by atoms with Gasteiger partial charge in [0.15, 0.2) is 0 Å². The van der Waals surface area contributed by atoms with E-state index >= 15 is 0 Å². The second-order valence-corrected chi connectivity index (χ2v) is 6.15. The summed E-state index contributed by atoms with van der Waals surface area (Å²) in [7, 11) is 0. The van der Waals surface area contributed by atoms with E-state index in [0.717, 1.165) is 30.5 Å². The molecule has 3 rings (SSSR count). The van der Waals surface area contributed by atoms with Crippen LogP contribution >= 0.6 is 11.6 Å². The van der Waals surface area contributed by atoms with E-state index in [-0.39, 0.29) is 12.7 Å². The average Bonchev–Trinajstić information content (AvgIpc) is 3.05. The second kappa shape index (κ2) is 7.64. The summed E-state index contributed by atoms with van der Waals surface area (Å²) in [5, 5.41) is 9.78. The number of aliphatic hydroxyl groups excluding tert-OH is 1. The molecular weight excluding hydrogens is 328 g/mol. The first-order valence-electron chi connectivity index (χ1n) is 7.92. The number of pyridine rings is 1. The molecule has 0 bridgehead atoms. The Morgan fingerprint density at radius 3 is 3.04 bits per heavy atom. The molecule has 1 saturated heterocycles. The molecule has 0 aliphatic carbocycles. The van der Waals surface area contributed by atoms with Crippen LogP contribution in [-0.2, 0) is 6.42 Å². The number of benzene rings is 1. The van der Waals surface area contributed by atoms with Gasteiger partial charge >= 0.3 is 0 Å². The largest absolute Gasteiger partial charge is 0.471 e. The Morgan fingerprint density at radius 2 is 2.29 bits per heavy atom. The highest BCUT2D eigenvalue weighted by Crippen LogP contribution is 2.29. The van der Waals surface area contributed by atoms with Gasteiger partial charge in [0.25, 0.3) is 0 Å². The molecule has 2 heterocycles. The van der Waals surface area contributed by atoms with Crippen LogP contribution in [0.2, 0.25) is 5.02 Å². The Labute approximate surface area is 145 Å². The van der Waals surface area contributed by atoms with Gasteiger partial charge in [0, 0.05) is 37.0 Å². The maximum absolute atomic E-state index is 11.0. The van der Waals surface area contributed by atoms with Crippen LogP contribution in [0.25, 0.3) is 0 Å². The third-order valence-electron chi connectivity index (χ3n) is 4.11. The van der Waals surface area contributed by atoms with Crippen LogP contribution in [-0.4, -0.2) is 42.2 Å².